The molecule has 2 N–H and O–H groups in total. The number of aromatic amines is 2. The number of rotatable bonds is 7. The number of morpholine rings is 1. The third-order valence-electron chi connectivity index (χ3n) is 9.42. The molecule has 0 saturated carbocycles. The number of hydrogen-bond acceptors (Lipinski definition) is 7. The van der Waals surface area contributed by atoms with E-state index in [0.717, 1.165) is 85.0 Å². The van der Waals surface area contributed by atoms with E-state index >= 15 is 0 Å². The highest BCUT2D eigenvalue weighted by atomic mass is 16.5. The lowest BCUT2D eigenvalue weighted by Gasteiger charge is -2.36. The number of hydrogen-bond donors (Lipinski definition) is 2. The second-order valence-electron chi connectivity index (χ2n) is 13.6. The van der Waals surface area contributed by atoms with Gasteiger partial charge in [0.05, 0.1) is 35.5 Å². The summed E-state index contributed by atoms with van der Waals surface area (Å²) in [7, 11) is 0. The minimum Gasteiger partial charge on any atom is -0.379 e. The van der Waals surface area contributed by atoms with Crippen molar-refractivity contribution in [1.29, 1.82) is 0 Å². The Morgan fingerprint density at radius 1 is 0.804 bits per heavy atom. The van der Waals surface area contributed by atoms with Gasteiger partial charge in [-0.1, -0.05) is 57.2 Å². The van der Waals surface area contributed by atoms with E-state index in [2.05, 4.69) is 100 Å². The lowest BCUT2D eigenvalue weighted by Crippen LogP contribution is -2.46. The maximum absolute atomic E-state index is 12.9. The third kappa shape index (κ3) is 6.25. The first-order valence-electron chi connectivity index (χ1n) is 16.4. The topological polar surface area (TPSA) is 102 Å². The first kappa shape index (κ1) is 30.4. The predicted molar refractivity (Wildman–Crippen MR) is 184 cm³/mol. The molecule has 10 nitrogen and oxygen atoms in total. The Balaban J connectivity index is 1.05. The number of para-hydroxylation sites is 1. The zero-order valence-corrected chi connectivity index (χ0v) is 27.0. The van der Waals surface area contributed by atoms with Crippen molar-refractivity contribution < 1.29 is 4.74 Å². The van der Waals surface area contributed by atoms with Gasteiger partial charge in [0.2, 0.25) is 0 Å². The molecule has 0 unspecified atom stereocenters. The number of nitrogens with zero attached hydrogens (tertiary/aromatic N) is 5. The van der Waals surface area contributed by atoms with Gasteiger partial charge in [-0.2, -0.15) is 0 Å². The molecule has 2 saturated heterocycles. The number of fused-ring (bicyclic) bond motifs is 2. The molecule has 3 aromatic carbocycles. The van der Waals surface area contributed by atoms with Crippen LogP contribution in [0.2, 0.25) is 0 Å². The molecular formula is C36H43N7O3. The van der Waals surface area contributed by atoms with Crippen molar-refractivity contribution in [1.82, 2.24) is 29.3 Å². The summed E-state index contributed by atoms with van der Waals surface area (Å²) in [6.07, 6.45) is 0. The second-order valence-corrected chi connectivity index (χ2v) is 13.6. The van der Waals surface area contributed by atoms with Crippen molar-refractivity contribution >= 4 is 27.8 Å². The molecule has 0 amide bonds. The smallest absolute Gasteiger partial charge is 0.316 e. The van der Waals surface area contributed by atoms with Crippen LogP contribution in [0.1, 0.15) is 31.9 Å². The van der Waals surface area contributed by atoms with Crippen LogP contribution < -0.4 is 16.0 Å². The quantitative estimate of drug-likeness (QED) is 0.263. The van der Waals surface area contributed by atoms with Crippen LogP contribution in [-0.4, -0.2) is 88.3 Å². The van der Waals surface area contributed by atoms with E-state index in [4.69, 9.17) is 9.72 Å². The Labute approximate surface area is 268 Å². The molecule has 2 fully saturated rings. The molecule has 240 valence electrons. The van der Waals surface area contributed by atoms with Gasteiger partial charge >= 0.3 is 11.1 Å². The molecule has 0 atom stereocenters. The Kier molecular flexibility index (Phi) is 8.27. The summed E-state index contributed by atoms with van der Waals surface area (Å²) in [6.45, 7) is 15.4. The maximum atomic E-state index is 12.9. The third-order valence-corrected chi connectivity index (χ3v) is 9.42. The molecule has 0 spiro atoms. The molecule has 0 aliphatic carbocycles. The zero-order valence-electron chi connectivity index (χ0n) is 27.0. The minimum absolute atomic E-state index is 0.113. The number of piperazine rings is 1. The summed E-state index contributed by atoms with van der Waals surface area (Å²) in [6, 6.07) is 21.1. The van der Waals surface area contributed by atoms with E-state index in [1.807, 2.05) is 6.07 Å². The van der Waals surface area contributed by atoms with Crippen LogP contribution in [0.3, 0.4) is 0 Å². The van der Waals surface area contributed by atoms with Gasteiger partial charge in [0.1, 0.15) is 11.3 Å². The van der Waals surface area contributed by atoms with Gasteiger partial charge in [-0.3, -0.25) is 19.4 Å². The monoisotopic (exact) mass is 621 g/mol. The van der Waals surface area contributed by atoms with Crippen molar-refractivity contribution in [2.75, 3.05) is 63.9 Å². The summed E-state index contributed by atoms with van der Waals surface area (Å²) in [4.78, 5) is 43.9. The molecule has 5 aromatic rings. The van der Waals surface area contributed by atoms with Crippen molar-refractivity contribution in [3.8, 4) is 11.4 Å². The van der Waals surface area contributed by atoms with Crippen molar-refractivity contribution in [3.63, 3.8) is 0 Å². The summed E-state index contributed by atoms with van der Waals surface area (Å²) in [5, 5.41) is 0. The van der Waals surface area contributed by atoms with Crippen LogP contribution in [0, 0.1) is 0 Å². The van der Waals surface area contributed by atoms with Crippen molar-refractivity contribution in [3.05, 3.63) is 92.5 Å². The highest BCUT2D eigenvalue weighted by Crippen LogP contribution is 2.30. The lowest BCUT2D eigenvalue weighted by molar-refractivity contribution is 0.0364. The van der Waals surface area contributed by atoms with Gasteiger partial charge in [-0.05, 0) is 40.8 Å². The fraction of sp³-hybridized carbons (Fsp3) is 0.417. The average molecular weight is 622 g/mol. The number of imidazole rings is 1. The molecule has 2 aliphatic heterocycles. The fourth-order valence-corrected chi connectivity index (χ4v) is 6.64. The number of aromatic nitrogens is 4. The van der Waals surface area contributed by atoms with E-state index in [0.29, 0.717) is 31.8 Å². The summed E-state index contributed by atoms with van der Waals surface area (Å²) in [5.74, 6) is 0.891. The van der Waals surface area contributed by atoms with Gasteiger partial charge in [-0.15, -0.1) is 0 Å². The van der Waals surface area contributed by atoms with Crippen LogP contribution in [0.25, 0.3) is 33.5 Å². The van der Waals surface area contributed by atoms with Crippen LogP contribution in [0.5, 0.6) is 0 Å². The molecule has 10 heteroatoms. The molecule has 4 heterocycles. The molecule has 0 radical (unpaired) electrons. The molecule has 0 bridgehead atoms. The first-order valence-corrected chi connectivity index (χ1v) is 16.4. The first-order chi connectivity index (χ1) is 22.2. The van der Waals surface area contributed by atoms with Crippen molar-refractivity contribution in [2.24, 2.45) is 0 Å². The van der Waals surface area contributed by atoms with Gasteiger partial charge in [-0.25, -0.2) is 4.98 Å². The second kappa shape index (κ2) is 12.5. The largest absolute Gasteiger partial charge is 0.379 e. The number of H-pyrrole nitrogens is 2. The van der Waals surface area contributed by atoms with Crippen molar-refractivity contribution in [2.45, 2.75) is 39.3 Å². The molecule has 2 aromatic heterocycles. The number of ether oxygens (including phenoxy) is 1. The highest BCUT2D eigenvalue weighted by Gasteiger charge is 2.22. The predicted octanol–water partition coefficient (Wildman–Crippen LogP) is 4.19. The summed E-state index contributed by atoms with van der Waals surface area (Å²) in [5.41, 5.74) is 7.25. The van der Waals surface area contributed by atoms with E-state index in [-0.39, 0.29) is 5.41 Å². The van der Waals surface area contributed by atoms with E-state index in [1.165, 1.54) is 5.56 Å². The van der Waals surface area contributed by atoms with Gasteiger partial charge in [0, 0.05) is 64.5 Å². The van der Waals surface area contributed by atoms with Crippen LogP contribution in [-0.2, 0) is 23.2 Å². The number of benzene rings is 3. The zero-order chi connectivity index (χ0) is 31.8. The average Bonchev–Trinajstić information content (AvgIpc) is 3.51. The lowest BCUT2D eigenvalue weighted by atomic mass is 9.87. The Bertz CT molecular complexity index is 1950. The number of nitrogens with one attached hydrogen (secondary N) is 2. The normalized spacial score (nSPS) is 16.9. The summed E-state index contributed by atoms with van der Waals surface area (Å²) < 4.78 is 7.10. The highest BCUT2D eigenvalue weighted by molar-refractivity contribution is 5.91. The Morgan fingerprint density at radius 2 is 1.57 bits per heavy atom. The Morgan fingerprint density at radius 3 is 2.30 bits per heavy atom. The maximum Gasteiger partial charge on any atom is 0.316 e. The van der Waals surface area contributed by atoms with Gasteiger partial charge < -0.3 is 24.2 Å². The van der Waals surface area contributed by atoms with Crippen LogP contribution in [0.4, 0.5) is 5.69 Å². The van der Waals surface area contributed by atoms with Crippen LogP contribution in [0.15, 0.2) is 70.3 Å². The molecular weight excluding hydrogens is 578 g/mol. The molecule has 2 aliphatic rings. The fourth-order valence-electron chi connectivity index (χ4n) is 6.64. The van der Waals surface area contributed by atoms with E-state index in [1.54, 1.807) is 4.57 Å². The number of anilines is 1. The SMILES string of the molecule is CC(C)(C)c1ccc(-c2nc3c(N4CCN(Cc5ccc6[nH]c(=O)c(=O)n(CCN7CCOCC7)c6c5)CC4)cccc3[nH]2)cc1. The summed E-state index contributed by atoms with van der Waals surface area (Å²) >= 11 is 0. The van der Waals surface area contributed by atoms with Gasteiger partial charge in [0.25, 0.3) is 0 Å². The molecule has 7 rings (SSSR count). The Hall–Kier alpha value is -4.25. The molecule has 46 heavy (non-hydrogen) atoms. The van der Waals surface area contributed by atoms with Gasteiger partial charge in [0.15, 0.2) is 0 Å². The van der Waals surface area contributed by atoms with E-state index in [9.17, 15) is 9.59 Å². The minimum atomic E-state index is -0.573. The van der Waals surface area contributed by atoms with Crippen LogP contribution >= 0.6 is 0 Å². The standard InChI is InChI=1S/C36H43N7O3/c1-36(2,3)27-10-8-26(9-11-27)33-37-29-5-4-6-30(32(29)39-33)42-16-13-41(14-17-42)24-25-7-12-28-31(23-25)43(35(45)34(44)38-28)18-15-40-19-21-46-22-20-40/h4-12,23H,13-22,24H2,1-3H3,(H,37,39)(H,38,44). The van der Waals surface area contributed by atoms with E-state index < -0.39 is 11.1 Å².